The Morgan fingerprint density at radius 2 is 1.95 bits per heavy atom. The van der Waals surface area contributed by atoms with Gasteiger partial charge in [-0.2, -0.15) is 5.26 Å². The number of carbonyl (C=O) groups excluding carboxylic acids is 1. The first kappa shape index (κ1) is 28.3. The van der Waals surface area contributed by atoms with Gasteiger partial charge in [-0.15, -0.1) is 0 Å². The van der Waals surface area contributed by atoms with E-state index < -0.39 is 5.82 Å². The third-order valence-corrected chi connectivity index (χ3v) is 6.75. The Hall–Kier alpha value is -3.71. The molecule has 2 aliphatic heterocycles. The van der Waals surface area contributed by atoms with Crippen LogP contribution in [0.3, 0.4) is 0 Å². The zero-order valence-electron chi connectivity index (χ0n) is 21.6. The number of piperidine rings is 1. The predicted molar refractivity (Wildman–Crippen MR) is 151 cm³/mol. The molecule has 3 heterocycles. The topological polar surface area (TPSA) is 111 Å². The van der Waals surface area contributed by atoms with Crippen LogP contribution in [0.1, 0.15) is 37.7 Å². The van der Waals surface area contributed by atoms with Gasteiger partial charge in [0.1, 0.15) is 17.6 Å². The largest absolute Gasteiger partial charge is 0.506 e. The quantitative estimate of drug-likeness (QED) is 0.250. The lowest BCUT2D eigenvalue weighted by Gasteiger charge is -2.24. The number of fused-ring (bicyclic) bond motifs is 1. The van der Waals surface area contributed by atoms with Gasteiger partial charge >= 0.3 is 0 Å². The lowest BCUT2D eigenvalue weighted by atomic mass is 10.1. The SMILES string of the molecule is C1CCOC1.N#Cc1cnc2cc(O)c(NC(=O)/C=C/CN3CCCCC3)cc2c1Nc1ccc(F)c(Cl)c1. The van der Waals surface area contributed by atoms with Gasteiger partial charge in [0.15, 0.2) is 0 Å². The van der Waals surface area contributed by atoms with Crippen LogP contribution >= 0.6 is 11.6 Å². The van der Waals surface area contributed by atoms with Gasteiger partial charge in [-0.25, -0.2) is 4.39 Å². The number of carbonyl (C=O) groups is 1. The third-order valence-electron chi connectivity index (χ3n) is 6.46. The number of aromatic nitrogens is 1. The summed E-state index contributed by atoms with van der Waals surface area (Å²) in [6.07, 6.45) is 10.8. The van der Waals surface area contributed by atoms with Gasteiger partial charge in [-0.05, 0) is 63.0 Å². The van der Waals surface area contributed by atoms with Gasteiger partial charge in [-0.1, -0.05) is 24.1 Å². The molecular weight excluding hydrogens is 521 g/mol. The second kappa shape index (κ2) is 13.9. The molecule has 204 valence electrons. The van der Waals surface area contributed by atoms with Crippen molar-refractivity contribution in [3.8, 4) is 11.8 Å². The smallest absolute Gasteiger partial charge is 0.248 e. The van der Waals surface area contributed by atoms with Gasteiger partial charge in [0.2, 0.25) is 5.91 Å². The van der Waals surface area contributed by atoms with Crippen molar-refractivity contribution in [2.45, 2.75) is 32.1 Å². The molecule has 0 unspecified atom stereocenters. The van der Waals surface area contributed by atoms with E-state index in [9.17, 15) is 19.6 Å². The molecule has 5 rings (SSSR count). The number of nitrogens with zero attached hydrogens (tertiary/aromatic N) is 3. The van der Waals surface area contributed by atoms with Crippen LogP contribution < -0.4 is 10.6 Å². The van der Waals surface area contributed by atoms with E-state index in [2.05, 4.69) is 26.6 Å². The maximum Gasteiger partial charge on any atom is 0.248 e. The van der Waals surface area contributed by atoms with Crippen LogP contribution in [-0.4, -0.2) is 53.7 Å². The van der Waals surface area contributed by atoms with Crippen molar-refractivity contribution in [3.05, 3.63) is 65.1 Å². The molecule has 0 bridgehead atoms. The molecule has 0 aliphatic carbocycles. The number of nitriles is 1. The number of amides is 1. The molecule has 10 heteroatoms. The normalized spacial score (nSPS) is 15.5. The summed E-state index contributed by atoms with van der Waals surface area (Å²) in [5.74, 6) is -1.09. The summed E-state index contributed by atoms with van der Waals surface area (Å²) in [4.78, 5) is 19.0. The van der Waals surface area contributed by atoms with Crippen molar-refractivity contribution in [3.63, 3.8) is 0 Å². The maximum atomic E-state index is 13.6. The summed E-state index contributed by atoms with van der Waals surface area (Å²) in [5.41, 5.74) is 1.68. The highest BCUT2D eigenvalue weighted by molar-refractivity contribution is 6.31. The third kappa shape index (κ3) is 7.90. The lowest BCUT2D eigenvalue weighted by molar-refractivity contribution is -0.111. The Morgan fingerprint density at radius 3 is 2.62 bits per heavy atom. The number of phenolic OH excluding ortho intramolecular Hbond substituents is 1. The summed E-state index contributed by atoms with van der Waals surface area (Å²) < 4.78 is 18.5. The Kier molecular flexibility index (Phi) is 10.1. The summed E-state index contributed by atoms with van der Waals surface area (Å²) in [6.45, 7) is 4.75. The molecule has 2 saturated heterocycles. The zero-order chi connectivity index (χ0) is 27.6. The number of ether oxygens (including phenoxy) is 1. The first-order chi connectivity index (χ1) is 18.9. The number of nitrogens with one attached hydrogen (secondary N) is 2. The predicted octanol–water partition coefficient (Wildman–Crippen LogP) is 6.13. The highest BCUT2D eigenvalue weighted by Gasteiger charge is 2.15. The van der Waals surface area contributed by atoms with Crippen LogP contribution in [0.5, 0.6) is 5.75 Å². The van der Waals surface area contributed by atoms with Crippen LogP contribution in [0.2, 0.25) is 5.02 Å². The molecule has 2 fully saturated rings. The van der Waals surface area contributed by atoms with Gasteiger partial charge in [0.05, 0.1) is 27.5 Å². The van der Waals surface area contributed by atoms with Crippen molar-refractivity contribution < 1.29 is 19.0 Å². The van der Waals surface area contributed by atoms with E-state index in [1.807, 2.05) is 0 Å². The minimum absolute atomic E-state index is 0.0659. The molecule has 39 heavy (non-hydrogen) atoms. The summed E-state index contributed by atoms with van der Waals surface area (Å²) in [6, 6.07) is 9.13. The number of aromatic hydroxyl groups is 1. The van der Waals surface area contributed by atoms with E-state index in [0.29, 0.717) is 28.8 Å². The van der Waals surface area contributed by atoms with Crippen molar-refractivity contribution in [1.82, 2.24) is 9.88 Å². The minimum Gasteiger partial charge on any atom is -0.506 e. The molecule has 3 N–H and O–H groups in total. The van der Waals surface area contributed by atoms with Crippen molar-refractivity contribution in [1.29, 1.82) is 5.26 Å². The van der Waals surface area contributed by atoms with Crippen LogP contribution in [0.4, 0.5) is 21.5 Å². The molecule has 0 spiro atoms. The summed E-state index contributed by atoms with van der Waals surface area (Å²) >= 11 is 5.88. The molecule has 0 atom stereocenters. The average molecular weight is 552 g/mol. The number of pyridine rings is 1. The highest BCUT2D eigenvalue weighted by Crippen LogP contribution is 2.36. The minimum atomic E-state index is -0.560. The number of likely N-dealkylation sites (tertiary alicyclic amines) is 1. The fraction of sp³-hybridized carbons (Fsp3) is 0.345. The van der Waals surface area contributed by atoms with Crippen molar-refractivity contribution in [2.75, 3.05) is 43.5 Å². The van der Waals surface area contributed by atoms with Crippen LogP contribution in [-0.2, 0) is 9.53 Å². The highest BCUT2D eigenvalue weighted by atomic mass is 35.5. The monoisotopic (exact) mass is 551 g/mol. The standard InChI is InChI=1S/C25H23ClFN5O2.C4H8O/c26-19-11-17(6-7-20(19)27)30-25-16(14-28)15-29-21-13-23(33)22(12-18(21)25)31-24(34)5-4-10-32-8-2-1-3-9-32;1-2-4-5-3-1/h4-7,11-13,15,33H,1-3,8-10H2,(H,29,30)(H,31,34);1-4H2/b5-4+;. The van der Waals surface area contributed by atoms with Gasteiger partial charge < -0.3 is 20.5 Å². The molecule has 2 aliphatic rings. The Bertz CT molecular complexity index is 1370. The Balaban J connectivity index is 0.000000634. The fourth-order valence-electron chi connectivity index (χ4n) is 4.40. The molecule has 3 aromatic rings. The second-order valence-electron chi connectivity index (χ2n) is 9.37. The Morgan fingerprint density at radius 1 is 1.18 bits per heavy atom. The van der Waals surface area contributed by atoms with Crippen molar-refractivity contribution in [2.24, 2.45) is 0 Å². The fourth-order valence-corrected chi connectivity index (χ4v) is 4.58. The molecule has 0 saturated carbocycles. The number of rotatable bonds is 6. The van der Waals surface area contributed by atoms with Crippen LogP contribution in [0, 0.1) is 17.1 Å². The zero-order valence-corrected chi connectivity index (χ0v) is 22.3. The maximum absolute atomic E-state index is 13.6. The second-order valence-corrected chi connectivity index (χ2v) is 9.78. The Labute approximate surface area is 232 Å². The van der Waals surface area contributed by atoms with E-state index in [1.54, 1.807) is 12.1 Å². The summed E-state index contributed by atoms with van der Waals surface area (Å²) in [5, 5.41) is 26.2. The molecule has 1 aromatic heterocycles. The molecule has 0 radical (unpaired) electrons. The van der Waals surface area contributed by atoms with Crippen molar-refractivity contribution >= 4 is 45.5 Å². The molecule has 1 amide bonds. The number of benzene rings is 2. The molecular formula is C29H31ClFN5O3. The summed E-state index contributed by atoms with van der Waals surface area (Å²) in [7, 11) is 0. The number of hydrogen-bond acceptors (Lipinski definition) is 7. The van der Waals surface area contributed by atoms with Crippen LogP contribution in [0.25, 0.3) is 10.9 Å². The lowest BCUT2D eigenvalue weighted by Crippen LogP contribution is -2.29. The average Bonchev–Trinajstić information content (AvgIpc) is 3.53. The van der Waals surface area contributed by atoms with Crippen LogP contribution in [0.15, 0.2) is 48.7 Å². The first-order valence-electron chi connectivity index (χ1n) is 13.0. The van der Waals surface area contributed by atoms with E-state index in [-0.39, 0.29) is 27.9 Å². The van der Waals surface area contributed by atoms with E-state index in [1.165, 1.54) is 68.6 Å². The van der Waals surface area contributed by atoms with E-state index in [0.717, 1.165) is 26.3 Å². The molecule has 8 nitrogen and oxygen atoms in total. The van der Waals surface area contributed by atoms with Gasteiger partial charge in [0.25, 0.3) is 0 Å². The van der Waals surface area contributed by atoms with E-state index >= 15 is 0 Å². The number of halogens is 2. The number of phenols is 1. The first-order valence-corrected chi connectivity index (χ1v) is 13.4. The van der Waals surface area contributed by atoms with E-state index in [4.69, 9.17) is 16.3 Å². The number of anilines is 3. The number of hydrogen-bond donors (Lipinski definition) is 3. The van der Waals surface area contributed by atoms with Gasteiger partial charge in [-0.3, -0.25) is 14.7 Å². The van der Waals surface area contributed by atoms with Gasteiger partial charge in [0, 0.05) is 49.2 Å². The molecule has 2 aromatic carbocycles.